The molecule has 1 fully saturated rings. The number of aliphatic imine (C=N–C) groups is 1. The second kappa shape index (κ2) is 5.25. The highest BCUT2D eigenvalue weighted by Crippen LogP contribution is 2.34. The Bertz CT molecular complexity index is 519. The van der Waals surface area contributed by atoms with Crippen LogP contribution in [0.1, 0.15) is 24.8 Å². The Balaban J connectivity index is 1.89. The Morgan fingerprint density at radius 1 is 1.25 bits per heavy atom. The predicted molar refractivity (Wildman–Crippen MR) is 76.4 cm³/mol. The van der Waals surface area contributed by atoms with Crippen LogP contribution in [0.25, 0.3) is 0 Å². The molecule has 2 heterocycles. The van der Waals surface area contributed by atoms with Crippen LogP contribution in [-0.4, -0.2) is 35.5 Å². The molecule has 0 bridgehead atoms. The van der Waals surface area contributed by atoms with Crippen LogP contribution in [0.4, 0.5) is 4.79 Å². The third-order valence-corrected chi connectivity index (χ3v) is 4.16. The summed E-state index contributed by atoms with van der Waals surface area (Å²) in [7, 11) is 0. The van der Waals surface area contributed by atoms with E-state index < -0.39 is 5.54 Å². The lowest BCUT2D eigenvalue weighted by molar-refractivity contribution is 0.123. The topological polar surface area (TPSA) is 67.9 Å². The van der Waals surface area contributed by atoms with Crippen molar-refractivity contribution in [3.05, 3.63) is 35.9 Å². The van der Waals surface area contributed by atoms with Gasteiger partial charge in [0.25, 0.3) is 0 Å². The zero-order valence-electron chi connectivity index (χ0n) is 11.4. The number of amidine groups is 1. The largest absolute Gasteiger partial charge is 0.385 e. The summed E-state index contributed by atoms with van der Waals surface area (Å²) in [4.78, 5) is 18.0. The molecule has 1 unspecified atom stereocenters. The van der Waals surface area contributed by atoms with Crippen LogP contribution in [-0.2, 0) is 11.3 Å². The summed E-state index contributed by atoms with van der Waals surface area (Å²) in [5, 5.41) is 0. The first-order valence-electron chi connectivity index (χ1n) is 7.00. The number of benzene rings is 1. The molecular weight excluding hydrogens is 254 g/mol. The first kappa shape index (κ1) is 13.1. The quantitative estimate of drug-likeness (QED) is 0.895. The maximum Gasteiger partial charge on any atom is 0.346 e. The molecule has 2 aliphatic heterocycles. The van der Waals surface area contributed by atoms with Crippen molar-refractivity contribution < 1.29 is 9.53 Å². The van der Waals surface area contributed by atoms with Crippen molar-refractivity contribution in [2.45, 2.75) is 31.3 Å². The Labute approximate surface area is 118 Å². The van der Waals surface area contributed by atoms with E-state index in [1.165, 1.54) is 0 Å². The Morgan fingerprint density at radius 3 is 2.85 bits per heavy atom. The van der Waals surface area contributed by atoms with Gasteiger partial charge in [0.15, 0.2) is 0 Å². The Kier molecular flexibility index (Phi) is 3.44. The van der Waals surface area contributed by atoms with Crippen LogP contribution >= 0.6 is 0 Å². The number of carbonyl (C=O) groups is 1. The van der Waals surface area contributed by atoms with E-state index in [-0.39, 0.29) is 6.03 Å². The highest BCUT2D eigenvalue weighted by molar-refractivity contribution is 6.05. The van der Waals surface area contributed by atoms with Gasteiger partial charge in [0.1, 0.15) is 11.4 Å². The number of nitrogens with two attached hydrogens (primary N) is 1. The van der Waals surface area contributed by atoms with E-state index >= 15 is 0 Å². The van der Waals surface area contributed by atoms with E-state index in [1.807, 2.05) is 35.2 Å². The maximum absolute atomic E-state index is 12.2. The van der Waals surface area contributed by atoms with Crippen LogP contribution in [0.3, 0.4) is 0 Å². The second-order valence-corrected chi connectivity index (χ2v) is 5.35. The van der Waals surface area contributed by atoms with Crippen molar-refractivity contribution in [3.63, 3.8) is 0 Å². The van der Waals surface area contributed by atoms with Gasteiger partial charge in [-0.05, 0) is 18.4 Å². The summed E-state index contributed by atoms with van der Waals surface area (Å²) in [5.74, 6) is 0.448. The maximum atomic E-state index is 12.2. The first-order valence-corrected chi connectivity index (χ1v) is 7.00. The highest BCUT2D eigenvalue weighted by atomic mass is 16.5. The molecule has 2 N–H and O–H groups in total. The van der Waals surface area contributed by atoms with Crippen molar-refractivity contribution in [2.75, 3.05) is 13.2 Å². The standard InChI is InChI=1S/C15H19N3O2/c16-13-15(7-4-9-20-10-8-15)18(14(19)17-13)11-12-5-2-1-3-6-12/h1-3,5-6H,4,7-11H2,(H2,16,17,19). The number of carbonyl (C=O) groups excluding carboxylic acids is 1. The second-order valence-electron chi connectivity index (χ2n) is 5.35. The summed E-state index contributed by atoms with van der Waals surface area (Å²) in [6.07, 6.45) is 2.44. The molecule has 1 atom stereocenters. The monoisotopic (exact) mass is 273 g/mol. The van der Waals surface area contributed by atoms with Crippen LogP contribution in [0.2, 0.25) is 0 Å². The van der Waals surface area contributed by atoms with Crippen LogP contribution in [0, 0.1) is 0 Å². The number of hydrogen-bond acceptors (Lipinski definition) is 3. The number of amides is 2. The van der Waals surface area contributed by atoms with E-state index in [2.05, 4.69) is 4.99 Å². The van der Waals surface area contributed by atoms with Gasteiger partial charge in [-0.25, -0.2) is 4.79 Å². The zero-order valence-corrected chi connectivity index (χ0v) is 11.4. The molecule has 1 aromatic rings. The third-order valence-electron chi connectivity index (χ3n) is 4.16. The molecule has 2 amide bonds. The molecular formula is C15H19N3O2. The molecule has 1 aromatic carbocycles. The van der Waals surface area contributed by atoms with Crippen molar-refractivity contribution in [3.8, 4) is 0 Å². The van der Waals surface area contributed by atoms with Gasteiger partial charge >= 0.3 is 6.03 Å². The summed E-state index contributed by atoms with van der Waals surface area (Å²) in [5.41, 5.74) is 6.72. The number of hydrogen-bond donors (Lipinski definition) is 1. The molecule has 1 saturated heterocycles. The molecule has 106 valence electrons. The molecule has 1 spiro atoms. The number of urea groups is 1. The van der Waals surface area contributed by atoms with Crippen molar-refractivity contribution in [1.82, 2.24) is 4.90 Å². The average Bonchev–Trinajstić information content (AvgIpc) is 2.66. The molecule has 0 aliphatic carbocycles. The number of rotatable bonds is 2. The minimum Gasteiger partial charge on any atom is -0.385 e. The van der Waals surface area contributed by atoms with Crippen molar-refractivity contribution in [2.24, 2.45) is 10.7 Å². The minimum atomic E-state index is -0.455. The lowest BCUT2D eigenvalue weighted by Crippen LogP contribution is -2.53. The molecule has 0 aromatic heterocycles. The molecule has 20 heavy (non-hydrogen) atoms. The molecule has 5 nitrogen and oxygen atoms in total. The van der Waals surface area contributed by atoms with Crippen molar-refractivity contribution in [1.29, 1.82) is 0 Å². The molecule has 0 radical (unpaired) electrons. The SMILES string of the molecule is NC1=NC(=O)N(Cc2ccccc2)C12CCCOCC2. The van der Waals surface area contributed by atoms with Crippen LogP contribution < -0.4 is 5.73 Å². The predicted octanol–water partition coefficient (Wildman–Crippen LogP) is 1.92. The summed E-state index contributed by atoms with van der Waals surface area (Å²) >= 11 is 0. The summed E-state index contributed by atoms with van der Waals surface area (Å²) < 4.78 is 5.51. The molecule has 5 heteroatoms. The van der Waals surface area contributed by atoms with Gasteiger partial charge in [-0.1, -0.05) is 30.3 Å². The smallest absolute Gasteiger partial charge is 0.346 e. The normalized spacial score (nSPS) is 26.7. The highest BCUT2D eigenvalue weighted by Gasteiger charge is 2.48. The zero-order chi connectivity index (χ0) is 14.0. The Morgan fingerprint density at radius 2 is 2.05 bits per heavy atom. The van der Waals surface area contributed by atoms with Crippen LogP contribution in [0.15, 0.2) is 35.3 Å². The van der Waals surface area contributed by atoms with Gasteiger partial charge in [0.2, 0.25) is 0 Å². The average molecular weight is 273 g/mol. The Hall–Kier alpha value is -1.88. The molecule has 3 rings (SSSR count). The van der Waals surface area contributed by atoms with E-state index in [1.54, 1.807) is 0 Å². The summed E-state index contributed by atoms with van der Waals surface area (Å²) in [6, 6.07) is 9.72. The lowest BCUT2D eigenvalue weighted by atomic mass is 9.88. The van der Waals surface area contributed by atoms with E-state index in [9.17, 15) is 4.79 Å². The molecule has 2 aliphatic rings. The van der Waals surface area contributed by atoms with Gasteiger partial charge < -0.3 is 15.4 Å². The fourth-order valence-corrected chi connectivity index (χ4v) is 3.03. The van der Waals surface area contributed by atoms with Gasteiger partial charge in [-0.2, -0.15) is 4.99 Å². The van der Waals surface area contributed by atoms with Gasteiger partial charge in [-0.3, -0.25) is 0 Å². The number of ether oxygens (including phenoxy) is 1. The molecule has 0 saturated carbocycles. The minimum absolute atomic E-state index is 0.228. The number of nitrogens with zero attached hydrogens (tertiary/aromatic N) is 2. The van der Waals surface area contributed by atoms with E-state index in [0.29, 0.717) is 19.0 Å². The fourth-order valence-electron chi connectivity index (χ4n) is 3.03. The van der Waals surface area contributed by atoms with E-state index in [0.717, 1.165) is 31.4 Å². The summed E-state index contributed by atoms with van der Waals surface area (Å²) in [6.45, 7) is 1.89. The first-order chi connectivity index (χ1) is 9.72. The van der Waals surface area contributed by atoms with E-state index in [4.69, 9.17) is 10.5 Å². The van der Waals surface area contributed by atoms with Crippen molar-refractivity contribution >= 4 is 11.9 Å². The fraction of sp³-hybridized carbons (Fsp3) is 0.467. The van der Waals surface area contributed by atoms with Gasteiger partial charge in [-0.15, -0.1) is 0 Å². The van der Waals surface area contributed by atoms with Gasteiger partial charge in [0.05, 0.1) is 0 Å². The lowest BCUT2D eigenvalue weighted by Gasteiger charge is -2.37. The van der Waals surface area contributed by atoms with Crippen LogP contribution in [0.5, 0.6) is 0 Å². The van der Waals surface area contributed by atoms with Gasteiger partial charge in [0, 0.05) is 26.2 Å². The third kappa shape index (κ3) is 2.18.